The Bertz CT molecular complexity index is 1550. The van der Waals surface area contributed by atoms with E-state index >= 15 is 0 Å². The molecule has 1 N–H and O–H groups in total. The van der Waals surface area contributed by atoms with Crippen molar-refractivity contribution in [2.45, 2.75) is 32.8 Å². The number of benzene rings is 2. The summed E-state index contributed by atoms with van der Waals surface area (Å²) in [5.74, 6) is 1.75. The van der Waals surface area contributed by atoms with Crippen molar-refractivity contribution in [3.05, 3.63) is 94.9 Å². The van der Waals surface area contributed by atoms with E-state index in [0.29, 0.717) is 30.3 Å². The SMILES string of the molecule is Cc1ccc(COc2cccc([C@H]3CC(=O)Nc4c3c(C)nn4-c3ccc4nncn4n3)c2)cc1. The molecule has 2 aromatic carbocycles. The van der Waals surface area contributed by atoms with Gasteiger partial charge >= 0.3 is 0 Å². The summed E-state index contributed by atoms with van der Waals surface area (Å²) in [7, 11) is 0. The Morgan fingerprint density at radius 3 is 2.77 bits per heavy atom. The van der Waals surface area contributed by atoms with Crippen molar-refractivity contribution in [1.82, 2.24) is 29.6 Å². The molecule has 1 aliphatic rings. The molecule has 35 heavy (non-hydrogen) atoms. The molecule has 0 radical (unpaired) electrons. The molecule has 1 atom stereocenters. The maximum Gasteiger partial charge on any atom is 0.226 e. The van der Waals surface area contributed by atoms with E-state index in [1.807, 2.05) is 43.3 Å². The predicted octanol–water partition coefficient (Wildman–Crippen LogP) is 3.98. The van der Waals surface area contributed by atoms with Crippen LogP contribution in [0, 0.1) is 13.8 Å². The van der Waals surface area contributed by atoms with Crippen LogP contribution >= 0.6 is 0 Å². The monoisotopic (exact) mass is 465 g/mol. The number of aryl methyl sites for hydroxylation is 2. The van der Waals surface area contributed by atoms with Crippen molar-refractivity contribution < 1.29 is 9.53 Å². The molecule has 0 unspecified atom stereocenters. The quantitative estimate of drug-likeness (QED) is 0.422. The first-order valence-electron chi connectivity index (χ1n) is 11.4. The molecule has 0 saturated heterocycles. The number of ether oxygens (including phenoxy) is 1. The second-order valence-corrected chi connectivity index (χ2v) is 8.74. The number of carbonyl (C=O) groups is 1. The topological polar surface area (TPSA) is 99.2 Å². The van der Waals surface area contributed by atoms with Crippen LogP contribution in [0.2, 0.25) is 0 Å². The molecule has 3 aromatic heterocycles. The van der Waals surface area contributed by atoms with E-state index in [-0.39, 0.29) is 11.8 Å². The Labute approximate surface area is 201 Å². The van der Waals surface area contributed by atoms with Crippen LogP contribution in [0.15, 0.2) is 67.0 Å². The number of rotatable bonds is 5. The fraction of sp³-hybridized carbons (Fsp3) is 0.192. The standard InChI is InChI=1S/C26H23N7O2/c1-16-6-8-18(9-7-16)14-35-20-5-3-4-19(12-20)21-13-24(34)28-26-25(21)17(2)30-33(26)23-11-10-22-29-27-15-32(22)31-23/h3-12,15,21H,13-14H2,1-2H3,(H,28,34)/t21-/m1/s1. The first-order valence-corrected chi connectivity index (χ1v) is 11.4. The molecule has 0 spiro atoms. The highest BCUT2D eigenvalue weighted by Crippen LogP contribution is 2.40. The van der Waals surface area contributed by atoms with E-state index in [2.05, 4.69) is 51.8 Å². The van der Waals surface area contributed by atoms with Crippen LogP contribution in [0.3, 0.4) is 0 Å². The molecule has 0 aliphatic carbocycles. The van der Waals surface area contributed by atoms with Crippen molar-refractivity contribution in [3.63, 3.8) is 0 Å². The first-order chi connectivity index (χ1) is 17.0. The van der Waals surface area contributed by atoms with Gasteiger partial charge in [-0.1, -0.05) is 42.0 Å². The summed E-state index contributed by atoms with van der Waals surface area (Å²) in [6, 6.07) is 19.9. The van der Waals surface area contributed by atoms with Crippen molar-refractivity contribution in [1.29, 1.82) is 0 Å². The number of nitrogens with one attached hydrogen (secondary N) is 1. The van der Waals surface area contributed by atoms with Gasteiger partial charge in [-0.15, -0.1) is 15.3 Å². The smallest absolute Gasteiger partial charge is 0.226 e. The minimum absolute atomic E-state index is 0.0694. The third-order valence-electron chi connectivity index (χ3n) is 6.25. The van der Waals surface area contributed by atoms with Crippen molar-refractivity contribution >= 4 is 17.4 Å². The van der Waals surface area contributed by atoms with Crippen LogP contribution in [0.5, 0.6) is 5.75 Å². The summed E-state index contributed by atoms with van der Waals surface area (Å²) in [5.41, 5.74) is 5.78. The van der Waals surface area contributed by atoms with Crippen LogP contribution in [-0.4, -0.2) is 35.5 Å². The average molecular weight is 466 g/mol. The first kappa shape index (κ1) is 21.0. The number of hydrogen-bond acceptors (Lipinski definition) is 6. The van der Waals surface area contributed by atoms with Crippen LogP contribution in [0.25, 0.3) is 11.5 Å². The van der Waals surface area contributed by atoms with Gasteiger partial charge in [0.05, 0.1) is 5.69 Å². The van der Waals surface area contributed by atoms with Crippen LogP contribution in [0.1, 0.15) is 40.3 Å². The third-order valence-corrected chi connectivity index (χ3v) is 6.25. The highest BCUT2D eigenvalue weighted by atomic mass is 16.5. The molecule has 0 saturated carbocycles. The Kier molecular flexibility index (Phi) is 5.02. The summed E-state index contributed by atoms with van der Waals surface area (Å²) in [4.78, 5) is 12.8. The Hall–Kier alpha value is -4.53. The maximum atomic E-state index is 12.8. The molecule has 9 nitrogen and oxygen atoms in total. The summed E-state index contributed by atoms with van der Waals surface area (Å²) >= 11 is 0. The van der Waals surface area contributed by atoms with E-state index in [0.717, 1.165) is 28.1 Å². The van der Waals surface area contributed by atoms with Gasteiger partial charge in [0.25, 0.3) is 0 Å². The zero-order chi connectivity index (χ0) is 23.9. The third kappa shape index (κ3) is 3.90. The van der Waals surface area contributed by atoms with E-state index in [9.17, 15) is 4.79 Å². The number of amides is 1. The molecule has 9 heteroatoms. The van der Waals surface area contributed by atoms with Crippen molar-refractivity contribution in [2.24, 2.45) is 0 Å². The lowest BCUT2D eigenvalue weighted by Gasteiger charge is -2.24. The zero-order valence-corrected chi connectivity index (χ0v) is 19.3. The van der Waals surface area contributed by atoms with Crippen molar-refractivity contribution in [2.75, 3.05) is 5.32 Å². The van der Waals surface area contributed by atoms with Crippen molar-refractivity contribution in [3.8, 4) is 11.6 Å². The van der Waals surface area contributed by atoms with Gasteiger partial charge in [-0.3, -0.25) is 4.79 Å². The van der Waals surface area contributed by atoms with Crippen LogP contribution < -0.4 is 10.1 Å². The highest BCUT2D eigenvalue weighted by molar-refractivity contribution is 5.95. The number of aromatic nitrogens is 6. The minimum atomic E-state index is -0.144. The maximum absolute atomic E-state index is 12.8. The van der Waals surface area contributed by atoms with Gasteiger partial charge in [0.1, 0.15) is 24.5 Å². The average Bonchev–Trinajstić information content (AvgIpc) is 3.47. The van der Waals surface area contributed by atoms with Crippen LogP contribution in [-0.2, 0) is 11.4 Å². The lowest BCUT2D eigenvalue weighted by atomic mass is 9.86. The van der Waals surface area contributed by atoms with Gasteiger partial charge in [-0.2, -0.15) is 14.3 Å². The van der Waals surface area contributed by atoms with Crippen LogP contribution in [0.4, 0.5) is 5.82 Å². The minimum Gasteiger partial charge on any atom is -0.489 e. The van der Waals surface area contributed by atoms with E-state index < -0.39 is 0 Å². The second kappa shape index (κ2) is 8.35. The molecule has 1 amide bonds. The van der Waals surface area contributed by atoms with Gasteiger partial charge in [0.15, 0.2) is 11.5 Å². The molecule has 0 fully saturated rings. The summed E-state index contributed by atoms with van der Waals surface area (Å²) in [6.07, 6.45) is 1.87. The zero-order valence-electron chi connectivity index (χ0n) is 19.3. The fourth-order valence-corrected chi connectivity index (χ4v) is 4.50. The Balaban J connectivity index is 1.33. The van der Waals surface area contributed by atoms with E-state index in [1.165, 1.54) is 11.9 Å². The number of hydrogen-bond donors (Lipinski definition) is 1. The van der Waals surface area contributed by atoms with E-state index in [4.69, 9.17) is 9.84 Å². The second-order valence-electron chi connectivity index (χ2n) is 8.74. The number of anilines is 1. The van der Waals surface area contributed by atoms with Gasteiger partial charge < -0.3 is 10.1 Å². The highest BCUT2D eigenvalue weighted by Gasteiger charge is 2.33. The summed E-state index contributed by atoms with van der Waals surface area (Å²) in [6.45, 7) is 4.50. The number of carbonyl (C=O) groups excluding carboxylic acids is 1. The molecular weight excluding hydrogens is 442 g/mol. The largest absolute Gasteiger partial charge is 0.489 e. The number of nitrogens with zero attached hydrogens (tertiary/aromatic N) is 6. The Morgan fingerprint density at radius 2 is 1.91 bits per heavy atom. The van der Waals surface area contributed by atoms with Gasteiger partial charge in [0, 0.05) is 17.9 Å². The van der Waals surface area contributed by atoms with E-state index in [1.54, 1.807) is 9.20 Å². The molecular formula is C26H23N7O2. The predicted molar refractivity (Wildman–Crippen MR) is 130 cm³/mol. The lowest BCUT2D eigenvalue weighted by molar-refractivity contribution is -0.116. The van der Waals surface area contributed by atoms with Gasteiger partial charge in [-0.25, -0.2) is 0 Å². The molecule has 1 aliphatic heterocycles. The normalized spacial score (nSPS) is 15.1. The summed E-state index contributed by atoms with van der Waals surface area (Å²) < 4.78 is 9.32. The number of fused-ring (bicyclic) bond motifs is 2. The molecule has 174 valence electrons. The van der Waals surface area contributed by atoms with Gasteiger partial charge in [0.2, 0.25) is 5.91 Å². The Morgan fingerprint density at radius 1 is 1.06 bits per heavy atom. The molecule has 4 heterocycles. The molecule has 6 rings (SSSR count). The fourth-order valence-electron chi connectivity index (χ4n) is 4.50. The summed E-state index contributed by atoms with van der Waals surface area (Å²) in [5, 5.41) is 20.1. The molecule has 5 aromatic rings. The lowest BCUT2D eigenvalue weighted by Crippen LogP contribution is -2.25. The molecule has 0 bridgehead atoms. The van der Waals surface area contributed by atoms with Gasteiger partial charge in [-0.05, 0) is 49.2 Å².